The number of nitrogens with one attached hydrogen (secondary N) is 1. The number of rotatable bonds is 2. The summed E-state index contributed by atoms with van der Waals surface area (Å²) in [7, 11) is 0. The molecule has 3 heterocycles. The van der Waals surface area contributed by atoms with Crippen molar-refractivity contribution in [3.05, 3.63) is 42.6 Å². The highest BCUT2D eigenvalue weighted by Crippen LogP contribution is 2.23. The van der Waals surface area contributed by atoms with Crippen LogP contribution in [0.2, 0.25) is 0 Å². The van der Waals surface area contributed by atoms with Crippen molar-refractivity contribution in [2.45, 2.75) is 18.9 Å². The topological polar surface area (TPSA) is 50.7 Å². The molecule has 1 saturated heterocycles. The molecule has 0 radical (unpaired) electrons. The molecule has 2 aromatic rings. The van der Waals surface area contributed by atoms with Gasteiger partial charge in [-0.1, -0.05) is 0 Å². The fourth-order valence-corrected chi connectivity index (χ4v) is 2.17. The molecule has 3 rings (SSSR count). The van der Waals surface area contributed by atoms with E-state index in [1.165, 1.54) is 6.42 Å². The highest BCUT2D eigenvalue weighted by Gasteiger charge is 2.17. The van der Waals surface area contributed by atoms with Crippen LogP contribution < -0.4 is 5.32 Å². The van der Waals surface area contributed by atoms with Gasteiger partial charge in [0.25, 0.3) is 0 Å². The number of pyridine rings is 1. The van der Waals surface area contributed by atoms with Crippen molar-refractivity contribution in [3.8, 4) is 11.3 Å². The van der Waals surface area contributed by atoms with E-state index in [1.807, 2.05) is 18.3 Å². The van der Waals surface area contributed by atoms with Crippen molar-refractivity contribution < 1.29 is 0 Å². The van der Waals surface area contributed by atoms with Crippen molar-refractivity contribution in [3.63, 3.8) is 0 Å². The second-order valence-corrected chi connectivity index (χ2v) is 4.22. The lowest BCUT2D eigenvalue weighted by molar-refractivity contribution is 0.626. The van der Waals surface area contributed by atoms with E-state index in [9.17, 15) is 0 Å². The molecule has 0 aromatic carbocycles. The Balaban J connectivity index is 1.94. The average Bonchev–Trinajstić information content (AvgIpc) is 2.94. The van der Waals surface area contributed by atoms with Gasteiger partial charge in [0.2, 0.25) is 0 Å². The first-order valence-corrected chi connectivity index (χ1v) is 5.89. The van der Waals surface area contributed by atoms with Crippen LogP contribution in [0.25, 0.3) is 11.3 Å². The summed E-state index contributed by atoms with van der Waals surface area (Å²) in [5, 5.41) is 3.45. The first-order valence-electron chi connectivity index (χ1n) is 5.89. The number of aromatic nitrogens is 3. The van der Waals surface area contributed by atoms with Gasteiger partial charge < -0.3 is 5.32 Å². The van der Waals surface area contributed by atoms with Gasteiger partial charge in [-0.15, -0.1) is 0 Å². The maximum absolute atomic E-state index is 4.35. The molecule has 0 saturated carbocycles. The van der Waals surface area contributed by atoms with Gasteiger partial charge in [-0.2, -0.15) is 0 Å². The third-order valence-electron chi connectivity index (χ3n) is 3.06. The van der Waals surface area contributed by atoms with Gasteiger partial charge in [-0.05, 0) is 37.6 Å². The van der Waals surface area contributed by atoms with E-state index < -0.39 is 0 Å². The van der Waals surface area contributed by atoms with Gasteiger partial charge >= 0.3 is 0 Å². The molecule has 4 heteroatoms. The monoisotopic (exact) mass is 226 g/mol. The number of nitrogens with zero attached hydrogens (tertiary/aromatic N) is 3. The van der Waals surface area contributed by atoms with Crippen LogP contribution >= 0.6 is 0 Å². The molecular formula is C13H14N4. The largest absolute Gasteiger partial charge is 0.309 e. The van der Waals surface area contributed by atoms with Crippen molar-refractivity contribution >= 4 is 0 Å². The quantitative estimate of drug-likeness (QED) is 0.850. The summed E-state index contributed by atoms with van der Waals surface area (Å²) < 4.78 is 0. The molecule has 1 N–H and O–H groups in total. The van der Waals surface area contributed by atoms with E-state index >= 15 is 0 Å². The van der Waals surface area contributed by atoms with E-state index in [0.29, 0.717) is 6.04 Å². The van der Waals surface area contributed by atoms with Crippen LogP contribution in [-0.2, 0) is 0 Å². The smallest absolute Gasteiger partial charge is 0.116 e. The molecule has 1 aliphatic heterocycles. The van der Waals surface area contributed by atoms with E-state index in [-0.39, 0.29) is 0 Å². The van der Waals surface area contributed by atoms with E-state index in [0.717, 1.165) is 29.9 Å². The molecule has 0 amide bonds. The summed E-state index contributed by atoms with van der Waals surface area (Å²) >= 11 is 0. The van der Waals surface area contributed by atoms with Crippen LogP contribution in [-0.4, -0.2) is 21.5 Å². The first-order chi connectivity index (χ1) is 8.43. The summed E-state index contributed by atoms with van der Waals surface area (Å²) in [6, 6.07) is 6.37. The van der Waals surface area contributed by atoms with E-state index in [4.69, 9.17) is 0 Å². The van der Waals surface area contributed by atoms with Crippen molar-refractivity contribution in [1.82, 2.24) is 20.3 Å². The van der Waals surface area contributed by atoms with Gasteiger partial charge in [-0.3, -0.25) is 4.98 Å². The zero-order chi connectivity index (χ0) is 11.5. The Morgan fingerprint density at radius 1 is 1.29 bits per heavy atom. The van der Waals surface area contributed by atoms with Crippen LogP contribution in [0.3, 0.4) is 0 Å². The Labute approximate surface area is 100 Å². The Bertz CT molecular complexity index is 492. The van der Waals surface area contributed by atoms with Gasteiger partial charge in [0, 0.05) is 24.0 Å². The van der Waals surface area contributed by atoms with E-state index in [2.05, 4.69) is 26.3 Å². The van der Waals surface area contributed by atoms with Gasteiger partial charge in [-0.25, -0.2) is 9.97 Å². The molecule has 1 fully saturated rings. The van der Waals surface area contributed by atoms with Crippen molar-refractivity contribution in [1.29, 1.82) is 0 Å². The molecule has 17 heavy (non-hydrogen) atoms. The lowest BCUT2D eigenvalue weighted by Crippen LogP contribution is -2.14. The lowest BCUT2D eigenvalue weighted by Gasteiger charge is -2.10. The molecule has 1 aliphatic rings. The second kappa shape index (κ2) is 4.59. The highest BCUT2D eigenvalue weighted by molar-refractivity contribution is 5.57. The third-order valence-corrected chi connectivity index (χ3v) is 3.06. The molecule has 0 spiro atoms. The van der Waals surface area contributed by atoms with Gasteiger partial charge in [0.15, 0.2) is 0 Å². The predicted molar refractivity (Wildman–Crippen MR) is 65.2 cm³/mol. The number of hydrogen-bond acceptors (Lipinski definition) is 4. The SMILES string of the molecule is c1cncc(-c2cc(C3CCCN3)ncn2)c1. The highest BCUT2D eigenvalue weighted by atomic mass is 15.0. The Kier molecular flexibility index (Phi) is 2.80. The molecule has 4 nitrogen and oxygen atoms in total. The summed E-state index contributed by atoms with van der Waals surface area (Å²) in [6.45, 7) is 1.08. The second-order valence-electron chi connectivity index (χ2n) is 4.22. The Morgan fingerprint density at radius 2 is 2.29 bits per heavy atom. The zero-order valence-electron chi connectivity index (χ0n) is 9.50. The first kappa shape index (κ1) is 10.4. The predicted octanol–water partition coefficient (Wildman–Crippen LogP) is 1.96. The van der Waals surface area contributed by atoms with Crippen LogP contribution in [0.5, 0.6) is 0 Å². The molecule has 0 aliphatic carbocycles. The normalized spacial score (nSPS) is 19.4. The lowest BCUT2D eigenvalue weighted by atomic mass is 10.1. The molecular weight excluding hydrogens is 212 g/mol. The Morgan fingerprint density at radius 3 is 3.06 bits per heavy atom. The number of hydrogen-bond donors (Lipinski definition) is 1. The summed E-state index contributed by atoms with van der Waals surface area (Å²) in [5.74, 6) is 0. The molecule has 1 atom stereocenters. The van der Waals surface area contributed by atoms with Crippen molar-refractivity contribution in [2.75, 3.05) is 6.54 Å². The van der Waals surface area contributed by atoms with E-state index in [1.54, 1.807) is 12.5 Å². The average molecular weight is 226 g/mol. The molecule has 1 unspecified atom stereocenters. The molecule has 0 bridgehead atoms. The summed E-state index contributed by atoms with van der Waals surface area (Å²) in [4.78, 5) is 12.8. The Hall–Kier alpha value is -1.81. The maximum atomic E-state index is 4.35. The van der Waals surface area contributed by atoms with Crippen molar-refractivity contribution in [2.24, 2.45) is 0 Å². The minimum Gasteiger partial charge on any atom is -0.309 e. The fraction of sp³-hybridized carbons (Fsp3) is 0.308. The minimum atomic E-state index is 0.383. The maximum Gasteiger partial charge on any atom is 0.116 e. The molecule has 2 aromatic heterocycles. The van der Waals surface area contributed by atoms with Gasteiger partial charge in [0.1, 0.15) is 6.33 Å². The van der Waals surface area contributed by atoms with Crippen LogP contribution in [0.15, 0.2) is 36.9 Å². The fourth-order valence-electron chi connectivity index (χ4n) is 2.17. The molecule has 86 valence electrons. The van der Waals surface area contributed by atoms with Crippen LogP contribution in [0.1, 0.15) is 24.6 Å². The van der Waals surface area contributed by atoms with Gasteiger partial charge in [0.05, 0.1) is 11.4 Å². The van der Waals surface area contributed by atoms with Crippen LogP contribution in [0.4, 0.5) is 0 Å². The summed E-state index contributed by atoms with van der Waals surface area (Å²) in [6.07, 6.45) is 7.61. The van der Waals surface area contributed by atoms with Crippen LogP contribution in [0, 0.1) is 0 Å². The minimum absolute atomic E-state index is 0.383. The zero-order valence-corrected chi connectivity index (χ0v) is 9.50. The summed E-state index contributed by atoms with van der Waals surface area (Å²) in [5.41, 5.74) is 3.06. The standard InChI is InChI=1S/C13H14N4/c1-3-10(8-14-5-1)12-7-13(17-9-16-12)11-4-2-6-15-11/h1,3,5,7-9,11,15H,2,4,6H2. The third kappa shape index (κ3) is 2.17.